The van der Waals surface area contributed by atoms with Crippen molar-refractivity contribution in [2.24, 2.45) is 0 Å². The summed E-state index contributed by atoms with van der Waals surface area (Å²) in [5.41, 5.74) is 0. The fraction of sp³-hybridized carbons (Fsp3) is 0.500. The summed E-state index contributed by atoms with van der Waals surface area (Å²) < 4.78 is 1.08. The number of carbonyl (C=O) groups is 1. The quantitative estimate of drug-likeness (QED) is 0.573. The van der Waals surface area contributed by atoms with Crippen molar-refractivity contribution in [2.45, 2.75) is 13.3 Å². The zero-order valence-corrected chi connectivity index (χ0v) is 7.73. The number of amides is 1. The van der Waals surface area contributed by atoms with Gasteiger partial charge in [0.25, 0.3) is 0 Å². The normalized spacial score (nSPS) is 11.2. The molecule has 0 unspecified atom stereocenters. The molecule has 0 aliphatic carbocycles. The maximum atomic E-state index is 10.6. The monoisotopic (exact) mass is 239 g/mol. The fourth-order valence-corrected chi connectivity index (χ4v) is 0.599. The number of nitrogens with one attached hydrogen (secondary N) is 1. The molecule has 0 fully saturated rings. The number of carbonyl (C=O) groups excluding carboxylic acids is 1. The zero-order valence-electron chi connectivity index (χ0n) is 5.57. The van der Waals surface area contributed by atoms with E-state index in [0.29, 0.717) is 0 Å². The zero-order chi connectivity index (χ0) is 7.28. The average Bonchev–Trinajstić information content (AvgIpc) is 1.87. The number of rotatable bonds is 2. The van der Waals surface area contributed by atoms with Crippen molar-refractivity contribution in [1.29, 1.82) is 0 Å². The smallest absolute Gasteiger partial charge is 0.244 e. The van der Waals surface area contributed by atoms with Crippen molar-refractivity contribution in [2.75, 3.05) is 7.05 Å². The summed E-state index contributed by atoms with van der Waals surface area (Å²) in [5.74, 6) is -0.0266. The Morgan fingerprint density at radius 2 is 2.33 bits per heavy atom. The molecular weight excluding hydrogens is 229 g/mol. The molecule has 0 radical (unpaired) electrons. The van der Waals surface area contributed by atoms with E-state index in [2.05, 4.69) is 27.9 Å². The van der Waals surface area contributed by atoms with Crippen LogP contribution < -0.4 is 5.32 Å². The van der Waals surface area contributed by atoms with Gasteiger partial charge in [0, 0.05) is 13.1 Å². The second-order valence-electron chi connectivity index (χ2n) is 1.56. The molecule has 9 heavy (non-hydrogen) atoms. The largest absolute Gasteiger partial charge is 0.356 e. The average molecular weight is 239 g/mol. The first-order chi connectivity index (χ1) is 4.20. The molecule has 0 aromatic carbocycles. The number of hydrogen-bond acceptors (Lipinski definition) is 1. The van der Waals surface area contributed by atoms with Crippen LogP contribution in [-0.4, -0.2) is 13.0 Å². The Morgan fingerprint density at radius 1 is 1.78 bits per heavy atom. The minimum Gasteiger partial charge on any atom is -0.356 e. The molecule has 52 valence electrons. The third-order valence-electron chi connectivity index (χ3n) is 0.872. The number of allylic oxidation sites excluding steroid dienone is 1. The van der Waals surface area contributed by atoms with E-state index in [4.69, 9.17) is 0 Å². The summed E-state index contributed by atoms with van der Waals surface area (Å²) in [5, 5.41) is 2.51. The minimum absolute atomic E-state index is 0.0266. The summed E-state index contributed by atoms with van der Waals surface area (Å²) in [4.78, 5) is 10.6. The lowest BCUT2D eigenvalue weighted by atomic mass is 10.4. The van der Waals surface area contributed by atoms with Crippen LogP contribution >= 0.6 is 22.6 Å². The molecule has 0 aliphatic rings. The van der Waals surface area contributed by atoms with Crippen LogP contribution in [0.3, 0.4) is 0 Å². The SMILES string of the molecule is CCC(I)=CC(=O)NC. The standard InChI is InChI=1S/C6H10INO/c1-3-5(7)4-6(9)8-2/h4H,3H2,1-2H3,(H,8,9). The van der Waals surface area contributed by atoms with Crippen LogP contribution in [0.25, 0.3) is 0 Å². The van der Waals surface area contributed by atoms with Gasteiger partial charge in [-0.2, -0.15) is 0 Å². The molecule has 0 rings (SSSR count). The van der Waals surface area contributed by atoms with Crippen LogP contribution in [-0.2, 0) is 4.79 Å². The molecule has 0 bridgehead atoms. The van der Waals surface area contributed by atoms with Gasteiger partial charge in [0.2, 0.25) is 5.91 Å². The molecule has 1 N–H and O–H groups in total. The molecule has 0 spiro atoms. The lowest BCUT2D eigenvalue weighted by Crippen LogP contribution is -2.14. The Morgan fingerprint density at radius 3 is 2.67 bits per heavy atom. The predicted molar refractivity (Wildman–Crippen MR) is 46.5 cm³/mol. The second-order valence-corrected chi connectivity index (χ2v) is 2.94. The van der Waals surface area contributed by atoms with Crippen LogP contribution in [0.1, 0.15) is 13.3 Å². The Bertz CT molecular complexity index is 131. The van der Waals surface area contributed by atoms with Gasteiger partial charge in [0.1, 0.15) is 0 Å². The highest BCUT2D eigenvalue weighted by Crippen LogP contribution is 2.08. The summed E-state index contributed by atoms with van der Waals surface area (Å²) in [6.07, 6.45) is 2.52. The van der Waals surface area contributed by atoms with E-state index in [1.807, 2.05) is 6.92 Å². The molecule has 0 aromatic heterocycles. The van der Waals surface area contributed by atoms with Crippen LogP contribution in [0, 0.1) is 0 Å². The molecule has 0 heterocycles. The number of hydrogen-bond donors (Lipinski definition) is 1. The summed E-state index contributed by atoms with van der Waals surface area (Å²) >= 11 is 2.14. The van der Waals surface area contributed by atoms with E-state index in [-0.39, 0.29) is 5.91 Å². The van der Waals surface area contributed by atoms with E-state index >= 15 is 0 Å². The molecule has 0 aliphatic heterocycles. The minimum atomic E-state index is -0.0266. The van der Waals surface area contributed by atoms with Gasteiger partial charge in [-0.3, -0.25) is 4.79 Å². The third kappa shape index (κ3) is 4.44. The highest BCUT2D eigenvalue weighted by Gasteiger charge is 1.91. The van der Waals surface area contributed by atoms with Crippen molar-refractivity contribution >= 4 is 28.5 Å². The highest BCUT2D eigenvalue weighted by atomic mass is 127. The molecule has 1 amide bonds. The Balaban J connectivity index is 3.79. The van der Waals surface area contributed by atoms with Crippen molar-refractivity contribution < 1.29 is 4.79 Å². The van der Waals surface area contributed by atoms with Gasteiger partial charge in [0.05, 0.1) is 0 Å². The van der Waals surface area contributed by atoms with Gasteiger partial charge in [-0.05, 0) is 32.6 Å². The number of halogens is 1. The number of likely N-dealkylation sites (N-methyl/N-ethyl adjacent to an activating group) is 1. The summed E-state index contributed by atoms with van der Waals surface area (Å²) in [6.45, 7) is 2.02. The third-order valence-corrected chi connectivity index (χ3v) is 1.95. The van der Waals surface area contributed by atoms with Gasteiger partial charge in [0.15, 0.2) is 0 Å². The first-order valence-electron chi connectivity index (χ1n) is 2.78. The van der Waals surface area contributed by atoms with Gasteiger partial charge >= 0.3 is 0 Å². The maximum Gasteiger partial charge on any atom is 0.244 e. The molecule has 3 heteroatoms. The van der Waals surface area contributed by atoms with Crippen molar-refractivity contribution in [3.63, 3.8) is 0 Å². The molecule has 0 saturated heterocycles. The Hall–Kier alpha value is -0.0600. The molecular formula is C6H10INO. The lowest BCUT2D eigenvalue weighted by Gasteiger charge is -1.91. The molecule has 0 atom stereocenters. The van der Waals surface area contributed by atoms with Crippen LogP contribution in [0.2, 0.25) is 0 Å². The van der Waals surface area contributed by atoms with Crippen molar-refractivity contribution in [3.8, 4) is 0 Å². The Kier molecular flexibility index (Phi) is 4.75. The Labute approximate surface area is 68.8 Å². The second kappa shape index (κ2) is 4.78. The van der Waals surface area contributed by atoms with Crippen LogP contribution in [0.15, 0.2) is 9.66 Å². The maximum absolute atomic E-state index is 10.6. The van der Waals surface area contributed by atoms with E-state index in [1.54, 1.807) is 13.1 Å². The topological polar surface area (TPSA) is 29.1 Å². The van der Waals surface area contributed by atoms with Crippen LogP contribution in [0.4, 0.5) is 0 Å². The van der Waals surface area contributed by atoms with Crippen molar-refractivity contribution in [3.05, 3.63) is 9.66 Å². The van der Waals surface area contributed by atoms with Gasteiger partial charge < -0.3 is 5.32 Å². The van der Waals surface area contributed by atoms with E-state index in [1.165, 1.54) is 0 Å². The molecule has 0 aromatic rings. The predicted octanol–water partition coefficient (Wildman–Crippen LogP) is 1.46. The van der Waals surface area contributed by atoms with Gasteiger partial charge in [-0.1, -0.05) is 6.92 Å². The first kappa shape index (κ1) is 8.94. The molecule has 0 saturated carbocycles. The first-order valence-corrected chi connectivity index (χ1v) is 3.86. The lowest BCUT2D eigenvalue weighted by molar-refractivity contribution is -0.116. The van der Waals surface area contributed by atoms with E-state index in [9.17, 15) is 4.79 Å². The summed E-state index contributed by atoms with van der Waals surface area (Å²) in [7, 11) is 1.62. The summed E-state index contributed by atoms with van der Waals surface area (Å²) in [6, 6.07) is 0. The van der Waals surface area contributed by atoms with Gasteiger partial charge in [-0.25, -0.2) is 0 Å². The molecule has 2 nitrogen and oxygen atoms in total. The fourth-order valence-electron chi connectivity index (χ4n) is 0.316. The van der Waals surface area contributed by atoms with E-state index < -0.39 is 0 Å². The highest BCUT2D eigenvalue weighted by molar-refractivity contribution is 14.1. The van der Waals surface area contributed by atoms with Crippen molar-refractivity contribution in [1.82, 2.24) is 5.32 Å². The van der Waals surface area contributed by atoms with Crippen LogP contribution in [0.5, 0.6) is 0 Å². The van der Waals surface area contributed by atoms with E-state index in [0.717, 1.165) is 10.0 Å². The van der Waals surface area contributed by atoms with Gasteiger partial charge in [-0.15, -0.1) is 0 Å².